The summed E-state index contributed by atoms with van der Waals surface area (Å²) >= 11 is 0. The Bertz CT molecular complexity index is 211. The SMILES string of the molecule is CCCCCCC1OC(O)C=CC1=O. The number of hydrogen-bond donors (Lipinski definition) is 1. The highest BCUT2D eigenvalue weighted by Gasteiger charge is 2.22. The Morgan fingerprint density at radius 1 is 1.43 bits per heavy atom. The summed E-state index contributed by atoms with van der Waals surface area (Å²) < 4.78 is 5.10. The number of unbranched alkanes of at least 4 members (excludes halogenated alkanes) is 3. The Morgan fingerprint density at radius 3 is 2.93 bits per heavy atom. The molecule has 1 rings (SSSR count). The van der Waals surface area contributed by atoms with Gasteiger partial charge in [0.05, 0.1) is 0 Å². The molecule has 0 saturated carbocycles. The molecule has 2 atom stereocenters. The van der Waals surface area contributed by atoms with Gasteiger partial charge in [0.2, 0.25) is 0 Å². The average Bonchev–Trinajstić information content (AvgIpc) is 2.18. The third-order valence-electron chi connectivity index (χ3n) is 2.37. The van der Waals surface area contributed by atoms with Crippen molar-refractivity contribution in [3.8, 4) is 0 Å². The number of carbonyl (C=O) groups excluding carboxylic acids is 1. The number of ketones is 1. The van der Waals surface area contributed by atoms with Crippen molar-refractivity contribution < 1.29 is 14.6 Å². The maximum absolute atomic E-state index is 11.3. The van der Waals surface area contributed by atoms with Crippen molar-refractivity contribution in [3.63, 3.8) is 0 Å². The van der Waals surface area contributed by atoms with Gasteiger partial charge in [-0.1, -0.05) is 32.6 Å². The van der Waals surface area contributed by atoms with E-state index in [2.05, 4.69) is 6.92 Å². The monoisotopic (exact) mass is 198 g/mol. The van der Waals surface area contributed by atoms with Gasteiger partial charge < -0.3 is 9.84 Å². The predicted octanol–water partition coefficient (Wildman–Crippen LogP) is 1.80. The lowest BCUT2D eigenvalue weighted by atomic mass is 10.0. The summed E-state index contributed by atoms with van der Waals surface area (Å²) in [6, 6.07) is 0. The van der Waals surface area contributed by atoms with Crippen LogP contribution in [0.15, 0.2) is 12.2 Å². The summed E-state index contributed by atoms with van der Waals surface area (Å²) in [5.41, 5.74) is 0. The van der Waals surface area contributed by atoms with E-state index in [1.807, 2.05) is 0 Å². The van der Waals surface area contributed by atoms with Gasteiger partial charge in [-0.2, -0.15) is 0 Å². The minimum absolute atomic E-state index is 0.0215. The molecule has 2 unspecified atom stereocenters. The van der Waals surface area contributed by atoms with Crippen LogP contribution in [0, 0.1) is 0 Å². The van der Waals surface area contributed by atoms with Gasteiger partial charge in [-0.05, 0) is 18.6 Å². The number of carbonyl (C=O) groups is 1. The zero-order valence-electron chi connectivity index (χ0n) is 8.61. The predicted molar refractivity (Wildman–Crippen MR) is 53.8 cm³/mol. The van der Waals surface area contributed by atoms with E-state index in [1.54, 1.807) is 0 Å². The van der Waals surface area contributed by atoms with E-state index in [4.69, 9.17) is 9.84 Å². The van der Waals surface area contributed by atoms with Gasteiger partial charge in [-0.15, -0.1) is 0 Å². The van der Waals surface area contributed by atoms with Gasteiger partial charge >= 0.3 is 0 Å². The second kappa shape index (κ2) is 5.94. The van der Waals surface area contributed by atoms with Crippen molar-refractivity contribution in [2.24, 2.45) is 0 Å². The van der Waals surface area contributed by atoms with E-state index in [1.165, 1.54) is 25.0 Å². The molecule has 0 saturated heterocycles. The van der Waals surface area contributed by atoms with Gasteiger partial charge in [0.15, 0.2) is 12.1 Å². The van der Waals surface area contributed by atoms with Gasteiger partial charge in [-0.25, -0.2) is 0 Å². The summed E-state index contributed by atoms with van der Waals surface area (Å²) in [6.45, 7) is 2.15. The van der Waals surface area contributed by atoms with Crippen LogP contribution in [0.5, 0.6) is 0 Å². The molecule has 80 valence electrons. The van der Waals surface area contributed by atoms with Crippen LogP contribution in [0.4, 0.5) is 0 Å². The van der Waals surface area contributed by atoms with Crippen LogP contribution in [-0.2, 0) is 9.53 Å². The molecule has 0 aromatic carbocycles. The first-order chi connectivity index (χ1) is 6.74. The summed E-state index contributed by atoms with van der Waals surface area (Å²) in [7, 11) is 0. The Balaban J connectivity index is 2.23. The maximum atomic E-state index is 11.3. The molecule has 3 nitrogen and oxygen atoms in total. The summed E-state index contributed by atoms with van der Waals surface area (Å²) in [6.07, 6.45) is 6.69. The summed E-state index contributed by atoms with van der Waals surface area (Å²) in [4.78, 5) is 11.3. The molecular formula is C11H18O3. The van der Waals surface area contributed by atoms with Crippen LogP contribution >= 0.6 is 0 Å². The fourth-order valence-corrected chi connectivity index (χ4v) is 1.53. The van der Waals surface area contributed by atoms with Crippen LogP contribution in [0.25, 0.3) is 0 Å². The Kier molecular flexibility index (Phi) is 4.84. The fraction of sp³-hybridized carbons (Fsp3) is 0.727. The second-order valence-electron chi connectivity index (χ2n) is 3.63. The molecule has 0 amide bonds. The van der Waals surface area contributed by atoms with E-state index in [0.29, 0.717) is 0 Å². The van der Waals surface area contributed by atoms with Gasteiger partial charge in [0, 0.05) is 0 Å². The maximum Gasteiger partial charge on any atom is 0.184 e. The molecule has 0 bridgehead atoms. The number of hydrogen-bond acceptors (Lipinski definition) is 3. The number of rotatable bonds is 5. The zero-order chi connectivity index (χ0) is 10.4. The van der Waals surface area contributed by atoms with Crippen LogP contribution in [0.3, 0.4) is 0 Å². The molecule has 0 fully saturated rings. The van der Waals surface area contributed by atoms with E-state index in [-0.39, 0.29) is 5.78 Å². The number of aliphatic hydroxyl groups is 1. The molecule has 14 heavy (non-hydrogen) atoms. The van der Waals surface area contributed by atoms with E-state index >= 15 is 0 Å². The van der Waals surface area contributed by atoms with Crippen molar-refractivity contribution in [2.75, 3.05) is 0 Å². The highest BCUT2D eigenvalue weighted by Crippen LogP contribution is 2.14. The molecule has 1 N–H and O–H groups in total. The van der Waals surface area contributed by atoms with Crippen LogP contribution in [0.2, 0.25) is 0 Å². The fourth-order valence-electron chi connectivity index (χ4n) is 1.53. The van der Waals surface area contributed by atoms with E-state index < -0.39 is 12.4 Å². The van der Waals surface area contributed by atoms with Crippen molar-refractivity contribution in [1.29, 1.82) is 0 Å². The standard InChI is InChI=1S/C11H18O3/c1-2-3-4-5-6-10-9(12)7-8-11(13)14-10/h7-8,10-11,13H,2-6H2,1H3. The normalized spacial score (nSPS) is 26.9. The highest BCUT2D eigenvalue weighted by molar-refractivity contribution is 5.94. The minimum atomic E-state index is -0.899. The first-order valence-electron chi connectivity index (χ1n) is 5.29. The van der Waals surface area contributed by atoms with Gasteiger partial charge in [0.25, 0.3) is 0 Å². The topological polar surface area (TPSA) is 46.5 Å². The Hall–Kier alpha value is -0.670. The molecule has 1 aliphatic rings. The molecule has 1 heterocycles. The third kappa shape index (κ3) is 3.60. The van der Waals surface area contributed by atoms with E-state index in [9.17, 15) is 4.79 Å². The van der Waals surface area contributed by atoms with Crippen molar-refractivity contribution in [3.05, 3.63) is 12.2 Å². The zero-order valence-corrected chi connectivity index (χ0v) is 8.61. The van der Waals surface area contributed by atoms with Crippen molar-refractivity contribution in [2.45, 2.75) is 51.4 Å². The molecule has 0 aromatic rings. The average molecular weight is 198 g/mol. The van der Waals surface area contributed by atoms with Crippen LogP contribution in [0.1, 0.15) is 39.0 Å². The molecule has 0 aliphatic carbocycles. The molecule has 1 aliphatic heterocycles. The lowest BCUT2D eigenvalue weighted by Crippen LogP contribution is -2.31. The number of aliphatic hydroxyl groups excluding tert-OH is 1. The summed E-state index contributed by atoms with van der Waals surface area (Å²) in [5.74, 6) is -0.0215. The second-order valence-corrected chi connectivity index (χ2v) is 3.63. The molecule has 0 aromatic heterocycles. The van der Waals surface area contributed by atoms with Crippen LogP contribution < -0.4 is 0 Å². The molecule has 0 radical (unpaired) electrons. The largest absolute Gasteiger partial charge is 0.365 e. The summed E-state index contributed by atoms with van der Waals surface area (Å²) in [5, 5.41) is 9.14. The van der Waals surface area contributed by atoms with Crippen molar-refractivity contribution >= 4 is 5.78 Å². The lowest BCUT2D eigenvalue weighted by Gasteiger charge is -2.21. The number of ether oxygens (including phenoxy) is 1. The minimum Gasteiger partial charge on any atom is -0.365 e. The Labute approximate surface area is 84.8 Å². The Morgan fingerprint density at radius 2 is 2.21 bits per heavy atom. The molecule has 3 heteroatoms. The smallest absolute Gasteiger partial charge is 0.184 e. The van der Waals surface area contributed by atoms with Gasteiger partial charge in [0.1, 0.15) is 6.10 Å². The van der Waals surface area contributed by atoms with Crippen molar-refractivity contribution in [1.82, 2.24) is 0 Å². The lowest BCUT2D eigenvalue weighted by molar-refractivity contribution is -0.149. The van der Waals surface area contributed by atoms with Crippen LogP contribution in [-0.4, -0.2) is 23.3 Å². The molecule has 0 spiro atoms. The first kappa shape index (κ1) is 11.4. The van der Waals surface area contributed by atoms with Gasteiger partial charge in [-0.3, -0.25) is 4.79 Å². The highest BCUT2D eigenvalue weighted by atomic mass is 16.6. The van der Waals surface area contributed by atoms with E-state index in [0.717, 1.165) is 19.3 Å². The molecular weight excluding hydrogens is 180 g/mol. The third-order valence-corrected chi connectivity index (χ3v) is 2.37. The quantitative estimate of drug-likeness (QED) is 0.685. The first-order valence-corrected chi connectivity index (χ1v) is 5.29.